The Morgan fingerprint density at radius 2 is 2.26 bits per heavy atom. The zero-order valence-corrected chi connectivity index (χ0v) is 13.8. The van der Waals surface area contributed by atoms with E-state index in [-0.39, 0.29) is 0 Å². The third kappa shape index (κ3) is 4.04. The number of benzene rings is 1. The van der Waals surface area contributed by atoms with Gasteiger partial charge in [-0.3, -0.25) is 4.90 Å². The molecule has 1 heterocycles. The van der Waals surface area contributed by atoms with E-state index in [1.165, 1.54) is 16.5 Å². The van der Waals surface area contributed by atoms with E-state index in [9.17, 15) is 0 Å². The van der Waals surface area contributed by atoms with Crippen molar-refractivity contribution in [1.29, 1.82) is 0 Å². The van der Waals surface area contributed by atoms with Crippen LogP contribution in [0.2, 0.25) is 0 Å². The average Bonchev–Trinajstić information content (AvgIpc) is 2.38. The molecule has 1 fully saturated rings. The molecule has 0 radical (unpaired) electrons. The van der Waals surface area contributed by atoms with Crippen LogP contribution in [0.5, 0.6) is 0 Å². The van der Waals surface area contributed by atoms with Crippen molar-refractivity contribution in [1.82, 2.24) is 10.2 Å². The average molecular weight is 325 g/mol. The summed E-state index contributed by atoms with van der Waals surface area (Å²) in [7, 11) is 0. The zero-order chi connectivity index (χ0) is 13.8. The van der Waals surface area contributed by atoms with E-state index in [1.54, 1.807) is 0 Å². The smallest absolute Gasteiger partial charge is 0.0250 e. The molecule has 3 atom stereocenters. The normalized spacial score (nSPS) is 26.3. The second-order valence-electron chi connectivity index (χ2n) is 5.82. The minimum absolute atomic E-state index is 0.590. The minimum atomic E-state index is 0.590. The van der Waals surface area contributed by atoms with Crippen molar-refractivity contribution in [2.24, 2.45) is 5.92 Å². The Bertz CT molecular complexity index is 407. The molecule has 1 aliphatic rings. The molecule has 3 unspecified atom stereocenters. The number of nitrogens with one attached hydrogen (secondary N) is 1. The molecule has 3 heteroatoms. The standard InChI is InChI=1S/C16H25BrN2/c1-4-12(2)16-9-18-13(3)10-19(16)11-14-6-5-7-15(17)8-14/h5-8,12-13,16,18H,4,9-11H2,1-3H3. The summed E-state index contributed by atoms with van der Waals surface area (Å²) in [5.74, 6) is 0.743. The van der Waals surface area contributed by atoms with Crippen molar-refractivity contribution in [3.8, 4) is 0 Å². The lowest BCUT2D eigenvalue weighted by molar-refractivity contribution is 0.0885. The Labute approximate surface area is 125 Å². The quantitative estimate of drug-likeness (QED) is 0.909. The van der Waals surface area contributed by atoms with Gasteiger partial charge < -0.3 is 5.32 Å². The van der Waals surface area contributed by atoms with E-state index < -0.39 is 0 Å². The lowest BCUT2D eigenvalue weighted by atomic mass is 9.94. The van der Waals surface area contributed by atoms with Gasteiger partial charge in [0.05, 0.1) is 0 Å². The first-order valence-electron chi connectivity index (χ1n) is 7.32. The maximum Gasteiger partial charge on any atom is 0.0250 e. The molecule has 0 spiro atoms. The lowest BCUT2D eigenvalue weighted by Crippen LogP contribution is -2.57. The summed E-state index contributed by atoms with van der Waals surface area (Å²) in [6.45, 7) is 10.3. The first kappa shape index (κ1) is 15.0. The van der Waals surface area contributed by atoms with Gasteiger partial charge in [0, 0.05) is 36.2 Å². The van der Waals surface area contributed by atoms with E-state index in [4.69, 9.17) is 0 Å². The maximum absolute atomic E-state index is 3.62. The molecule has 1 N–H and O–H groups in total. The van der Waals surface area contributed by atoms with Crippen LogP contribution in [0.25, 0.3) is 0 Å². The van der Waals surface area contributed by atoms with Gasteiger partial charge in [-0.25, -0.2) is 0 Å². The predicted molar refractivity (Wildman–Crippen MR) is 85.3 cm³/mol. The zero-order valence-electron chi connectivity index (χ0n) is 12.2. The Balaban J connectivity index is 2.09. The predicted octanol–water partition coefficient (Wildman–Crippen LogP) is 3.66. The maximum atomic E-state index is 3.62. The third-order valence-electron chi connectivity index (χ3n) is 4.23. The van der Waals surface area contributed by atoms with Crippen molar-refractivity contribution in [2.45, 2.75) is 45.8 Å². The highest BCUT2D eigenvalue weighted by atomic mass is 79.9. The molecule has 0 amide bonds. The largest absolute Gasteiger partial charge is 0.311 e. The van der Waals surface area contributed by atoms with Crippen LogP contribution < -0.4 is 5.32 Å². The molecule has 0 aromatic heterocycles. The first-order chi connectivity index (χ1) is 9.10. The van der Waals surface area contributed by atoms with Crippen molar-refractivity contribution in [3.63, 3.8) is 0 Å². The summed E-state index contributed by atoms with van der Waals surface area (Å²) in [6.07, 6.45) is 1.25. The molecular formula is C16H25BrN2. The summed E-state index contributed by atoms with van der Waals surface area (Å²) in [5, 5.41) is 3.62. The minimum Gasteiger partial charge on any atom is -0.311 e. The molecule has 1 aromatic rings. The second-order valence-corrected chi connectivity index (χ2v) is 6.74. The fourth-order valence-electron chi connectivity index (χ4n) is 2.89. The fourth-order valence-corrected chi connectivity index (χ4v) is 3.33. The SMILES string of the molecule is CCC(C)C1CNC(C)CN1Cc1cccc(Br)c1. The number of hydrogen-bond donors (Lipinski definition) is 1. The van der Waals surface area contributed by atoms with Crippen LogP contribution in [-0.4, -0.2) is 30.1 Å². The van der Waals surface area contributed by atoms with Gasteiger partial charge >= 0.3 is 0 Å². The third-order valence-corrected chi connectivity index (χ3v) is 4.72. The lowest BCUT2D eigenvalue weighted by Gasteiger charge is -2.42. The van der Waals surface area contributed by atoms with E-state index in [0.29, 0.717) is 12.1 Å². The van der Waals surface area contributed by atoms with Gasteiger partial charge in [0.1, 0.15) is 0 Å². The Morgan fingerprint density at radius 1 is 1.47 bits per heavy atom. The van der Waals surface area contributed by atoms with Gasteiger partial charge in [0.2, 0.25) is 0 Å². The van der Waals surface area contributed by atoms with Gasteiger partial charge in [0.25, 0.3) is 0 Å². The Morgan fingerprint density at radius 3 is 2.95 bits per heavy atom. The van der Waals surface area contributed by atoms with Crippen LogP contribution in [0.4, 0.5) is 0 Å². The highest BCUT2D eigenvalue weighted by molar-refractivity contribution is 9.10. The molecule has 0 aliphatic carbocycles. The number of nitrogens with zero attached hydrogens (tertiary/aromatic N) is 1. The van der Waals surface area contributed by atoms with E-state index in [2.05, 4.69) is 71.2 Å². The molecule has 106 valence electrons. The summed E-state index contributed by atoms with van der Waals surface area (Å²) < 4.78 is 1.17. The number of hydrogen-bond acceptors (Lipinski definition) is 2. The molecule has 1 aliphatic heterocycles. The molecule has 19 heavy (non-hydrogen) atoms. The summed E-state index contributed by atoms with van der Waals surface area (Å²) in [4.78, 5) is 2.65. The van der Waals surface area contributed by atoms with E-state index in [0.717, 1.165) is 25.6 Å². The topological polar surface area (TPSA) is 15.3 Å². The van der Waals surface area contributed by atoms with Crippen LogP contribution in [0.1, 0.15) is 32.8 Å². The second kappa shape index (κ2) is 6.87. The molecule has 1 aromatic carbocycles. The van der Waals surface area contributed by atoms with Crippen LogP contribution in [0.15, 0.2) is 28.7 Å². The van der Waals surface area contributed by atoms with E-state index in [1.807, 2.05) is 0 Å². The molecule has 2 rings (SSSR count). The van der Waals surface area contributed by atoms with Crippen LogP contribution >= 0.6 is 15.9 Å². The van der Waals surface area contributed by atoms with Crippen molar-refractivity contribution < 1.29 is 0 Å². The Hall–Kier alpha value is -0.380. The monoisotopic (exact) mass is 324 g/mol. The van der Waals surface area contributed by atoms with Crippen molar-refractivity contribution in [2.75, 3.05) is 13.1 Å². The highest BCUT2D eigenvalue weighted by Crippen LogP contribution is 2.21. The molecule has 0 saturated carbocycles. The van der Waals surface area contributed by atoms with Crippen molar-refractivity contribution in [3.05, 3.63) is 34.3 Å². The van der Waals surface area contributed by atoms with Crippen LogP contribution in [0, 0.1) is 5.92 Å². The highest BCUT2D eigenvalue weighted by Gasteiger charge is 2.28. The number of halogens is 1. The van der Waals surface area contributed by atoms with Crippen LogP contribution in [-0.2, 0) is 6.54 Å². The summed E-state index contributed by atoms with van der Waals surface area (Å²) in [5.41, 5.74) is 1.40. The number of rotatable bonds is 4. The van der Waals surface area contributed by atoms with Crippen LogP contribution in [0.3, 0.4) is 0 Å². The van der Waals surface area contributed by atoms with Gasteiger partial charge in [-0.15, -0.1) is 0 Å². The molecule has 0 bridgehead atoms. The fraction of sp³-hybridized carbons (Fsp3) is 0.625. The van der Waals surface area contributed by atoms with E-state index >= 15 is 0 Å². The molecular weight excluding hydrogens is 300 g/mol. The summed E-state index contributed by atoms with van der Waals surface area (Å²) in [6, 6.07) is 9.93. The molecule has 1 saturated heterocycles. The Kier molecular flexibility index (Phi) is 5.43. The van der Waals surface area contributed by atoms with Gasteiger partial charge in [-0.1, -0.05) is 48.3 Å². The van der Waals surface area contributed by atoms with Gasteiger partial charge in [-0.2, -0.15) is 0 Å². The first-order valence-corrected chi connectivity index (χ1v) is 8.11. The number of piperazine rings is 1. The van der Waals surface area contributed by atoms with Gasteiger partial charge in [0.15, 0.2) is 0 Å². The summed E-state index contributed by atoms with van der Waals surface area (Å²) >= 11 is 3.57. The van der Waals surface area contributed by atoms with Crippen molar-refractivity contribution >= 4 is 15.9 Å². The van der Waals surface area contributed by atoms with Gasteiger partial charge in [-0.05, 0) is 30.5 Å². The molecule has 2 nitrogen and oxygen atoms in total.